The van der Waals surface area contributed by atoms with Gasteiger partial charge in [-0.3, -0.25) is 0 Å². The van der Waals surface area contributed by atoms with Crippen molar-refractivity contribution in [3.8, 4) is 11.1 Å². The number of rotatable bonds is 7. The highest BCUT2D eigenvalue weighted by molar-refractivity contribution is 6.02. The third kappa shape index (κ3) is 5.71. The Morgan fingerprint density at radius 1 is 0.222 bits per heavy atom. The van der Waals surface area contributed by atoms with Crippen LogP contribution in [-0.2, 0) is 0 Å². The maximum atomic E-state index is 2.38. The minimum absolute atomic E-state index is 1.12. The highest BCUT2D eigenvalue weighted by Crippen LogP contribution is 2.42. The Hall–Kier alpha value is -7.16. The first-order chi connectivity index (χ1) is 26.8. The number of fused-ring (bicyclic) bond motifs is 4. The lowest BCUT2D eigenvalue weighted by Crippen LogP contribution is -2.10. The van der Waals surface area contributed by atoms with Crippen molar-refractivity contribution in [2.75, 3.05) is 9.80 Å². The van der Waals surface area contributed by atoms with Crippen LogP contribution >= 0.6 is 0 Å². The Balaban J connectivity index is 1.03. The van der Waals surface area contributed by atoms with Gasteiger partial charge >= 0.3 is 0 Å². The van der Waals surface area contributed by atoms with Crippen LogP contribution in [0.5, 0.6) is 0 Å². The van der Waals surface area contributed by atoms with Crippen LogP contribution in [0, 0.1) is 0 Å². The molecule has 0 aliphatic heterocycles. The zero-order valence-corrected chi connectivity index (χ0v) is 29.7. The minimum atomic E-state index is 1.12. The quantitative estimate of drug-likeness (QED) is 0.164. The molecule has 10 aromatic carbocycles. The second-order valence-electron chi connectivity index (χ2n) is 13.8. The second-order valence-corrected chi connectivity index (χ2v) is 13.8. The van der Waals surface area contributed by atoms with E-state index in [1.54, 1.807) is 0 Å². The van der Waals surface area contributed by atoms with E-state index in [0.717, 1.165) is 34.1 Å². The van der Waals surface area contributed by atoms with Crippen molar-refractivity contribution in [2.45, 2.75) is 0 Å². The number of hydrogen-bond acceptors (Lipinski definition) is 2. The molecule has 0 atom stereocenters. The fraction of sp³-hybridized carbons (Fsp3) is 0. The van der Waals surface area contributed by atoms with E-state index in [-0.39, 0.29) is 0 Å². The summed E-state index contributed by atoms with van der Waals surface area (Å²) in [5, 5.41) is 9.76. The third-order valence-electron chi connectivity index (χ3n) is 10.6. The molecule has 0 unspecified atom stereocenters. The van der Waals surface area contributed by atoms with Crippen LogP contribution in [-0.4, -0.2) is 0 Å². The average Bonchev–Trinajstić information content (AvgIpc) is 3.24. The monoisotopic (exact) mass is 688 g/mol. The summed E-state index contributed by atoms with van der Waals surface area (Å²) in [6.07, 6.45) is 0. The van der Waals surface area contributed by atoms with Crippen molar-refractivity contribution >= 4 is 77.2 Å². The van der Waals surface area contributed by atoms with Crippen molar-refractivity contribution in [2.24, 2.45) is 0 Å². The van der Waals surface area contributed by atoms with E-state index in [4.69, 9.17) is 0 Å². The fourth-order valence-corrected chi connectivity index (χ4v) is 7.91. The molecule has 0 aliphatic rings. The third-order valence-corrected chi connectivity index (χ3v) is 10.6. The predicted molar refractivity (Wildman–Crippen MR) is 231 cm³/mol. The summed E-state index contributed by atoms with van der Waals surface area (Å²) < 4.78 is 0. The van der Waals surface area contributed by atoms with E-state index >= 15 is 0 Å². The van der Waals surface area contributed by atoms with Gasteiger partial charge in [0.25, 0.3) is 0 Å². The van der Waals surface area contributed by atoms with Crippen LogP contribution < -0.4 is 9.80 Å². The lowest BCUT2D eigenvalue weighted by atomic mass is 9.99. The smallest absolute Gasteiger partial charge is 0.0540 e. The Morgan fingerprint density at radius 3 is 1.26 bits per heavy atom. The molecule has 0 heterocycles. The number of anilines is 6. The number of hydrogen-bond donors (Lipinski definition) is 0. The van der Waals surface area contributed by atoms with Gasteiger partial charge in [-0.05, 0) is 110 Å². The summed E-state index contributed by atoms with van der Waals surface area (Å²) in [6.45, 7) is 0. The van der Waals surface area contributed by atoms with Crippen molar-refractivity contribution in [1.82, 2.24) is 0 Å². The van der Waals surface area contributed by atoms with Gasteiger partial charge in [-0.2, -0.15) is 0 Å². The summed E-state index contributed by atoms with van der Waals surface area (Å²) >= 11 is 0. The van der Waals surface area contributed by atoms with Crippen LogP contribution in [0.3, 0.4) is 0 Å². The molecule has 0 radical (unpaired) electrons. The molecule has 10 rings (SSSR count). The number of para-hydroxylation sites is 1. The van der Waals surface area contributed by atoms with Crippen LogP contribution in [0.2, 0.25) is 0 Å². The fourth-order valence-electron chi connectivity index (χ4n) is 7.91. The van der Waals surface area contributed by atoms with Crippen LogP contribution in [0.1, 0.15) is 0 Å². The SMILES string of the molecule is c1ccc(N(c2ccc3cc(-c4ccc(N(c5ccc6ccccc6c5)c5cccc6ccccc56)cc4)ccc3c2)c2cccc3ccccc23)cc1. The van der Waals surface area contributed by atoms with Gasteiger partial charge in [0.1, 0.15) is 0 Å². The zero-order chi connectivity index (χ0) is 35.8. The van der Waals surface area contributed by atoms with Crippen LogP contribution in [0.15, 0.2) is 218 Å². The maximum absolute atomic E-state index is 2.38. The van der Waals surface area contributed by atoms with Gasteiger partial charge in [-0.1, -0.05) is 152 Å². The van der Waals surface area contributed by atoms with Gasteiger partial charge in [-0.25, -0.2) is 0 Å². The molecule has 0 aromatic heterocycles. The van der Waals surface area contributed by atoms with E-state index in [1.165, 1.54) is 54.2 Å². The van der Waals surface area contributed by atoms with Crippen molar-refractivity contribution < 1.29 is 0 Å². The molecule has 10 aromatic rings. The Kier molecular flexibility index (Phi) is 7.85. The summed E-state index contributed by atoms with van der Waals surface area (Å²) in [5.41, 5.74) is 9.20. The van der Waals surface area contributed by atoms with Crippen LogP contribution in [0.4, 0.5) is 34.1 Å². The summed E-state index contributed by atoms with van der Waals surface area (Å²) in [5.74, 6) is 0. The molecule has 0 saturated carbocycles. The highest BCUT2D eigenvalue weighted by atomic mass is 15.1. The largest absolute Gasteiger partial charge is 0.310 e. The molecule has 0 N–H and O–H groups in total. The maximum Gasteiger partial charge on any atom is 0.0540 e. The van der Waals surface area contributed by atoms with Gasteiger partial charge in [0, 0.05) is 33.5 Å². The Labute approximate surface area is 315 Å². The number of benzene rings is 10. The molecule has 2 heteroatoms. The molecule has 254 valence electrons. The van der Waals surface area contributed by atoms with Gasteiger partial charge in [0.05, 0.1) is 11.4 Å². The average molecular weight is 689 g/mol. The lowest BCUT2D eigenvalue weighted by molar-refractivity contribution is 1.30. The van der Waals surface area contributed by atoms with Crippen LogP contribution in [0.25, 0.3) is 54.2 Å². The summed E-state index contributed by atoms with van der Waals surface area (Å²) in [6, 6.07) is 78.9. The standard InChI is InChI=1S/C52H36N2/c1-2-18-45(19-3-1)53(51-22-10-16-39-13-6-8-20-49(39)51)48-33-29-43-34-42(24-25-44(43)36-48)38-26-30-46(31-27-38)54(47-32-28-37-12-4-5-15-41(37)35-47)52-23-11-17-40-14-7-9-21-50(40)52/h1-36H. The minimum Gasteiger partial charge on any atom is -0.310 e. The lowest BCUT2D eigenvalue weighted by Gasteiger charge is -2.27. The Bertz CT molecular complexity index is 2940. The normalized spacial score (nSPS) is 11.3. The first kappa shape index (κ1) is 31.6. The van der Waals surface area contributed by atoms with E-state index in [0.29, 0.717) is 0 Å². The topological polar surface area (TPSA) is 6.48 Å². The molecule has 0 aliphatic carbocycles. The molecule has 2 nitrogen and oxygen atoms in total. The van der Waals surface area contributed by atoms with Crippen molar-refractivity contribution in [1.29, 1.82) is 0 Å². The van der Waals surface area contributed by atoms with E-state index < -0.39 is 0 Å². The summed E-state index contributed by atoms with van der Waals surface area (Å²) in [7, 11) is 0. The predicted octanol–water partition coefficient (Wildman–Crippen LogP) is 14.9. The molecule has 0 amide bonds. The molecular formula is C52H36N2. The molecule has 0 spiro atoms. The van der Waals surface area contributed by atoms with Gasteiger partial charge in [0.2, 0.25) is 0 Å². The first-order valence-electron chi connectivity index (χ1n) is 18.5. The van der Waals surface area contributed by atoms with Gasteiger partial charge in [-0.15, -0.1) is 0 Å². The zero-order valence-electron chi connectivity index (χ0n) is 29.7. The molecule has 0 saturated heterocycles. The molecular weight excluding hydrogens is 653 g/mol. The van der Waals surface area contributed by atoms with Gasteiger partial charge in [0.15, 0.2) is 0 Å². The van der Waals surface area contributed by atoms with E-state index in [9.17, 15) is 0 Å². The van der Waals surface area contributed by atoms with E-state index in [1.807, 2.05) is 0 Å². The van der Waals surface area contributed by atoms with Crippen molar-refractivity contribution in [3.05, 3.63) is 218 Å². The second kappa shape index (κ2) is 13.4. The number of nitrogens with zero attached hydrogens (tertiary/aromatic N) is 2. The molecule has 54 heavy (non-hydrogen) atoms. The highest BCUT2D eigenvalue weighted by Gasteiger charge is 2.18. The van der Waals surface area contributed by atoms with Crippen molar-refractivity contribution in [3.63, 3.8) is 0 Å². The van der Waals surface area contributed by atoms with E-state index in [2.05, 4.69) is 228 Å². The van der Waals surface area contributed by atoms with Gasteiger partial charge < -0.3 is 9.80 Å². The molecule has 0 bridgehead atoms. The molecule has 0 fully saturated rings. The summed E-state index contributed by atoms with van der Waals surface area (Å²) in [4.78, 5) is 4.75. The first-order valence-corrected chi connectivity index (χ1v) is 18.5. The Morgan fingerprint density at radius 2 is 0.630 bits per heavy atom.